The number of carbonyl (C=O) groups is 1. The third-order valence-corrected chi connectivity index (χ3v) is 2.81. The summed E-state index contributed by atoms with van der Waals surface area (Å²) in [6, 6.07) is 0. The van der Waals surface area contributed by atoms with Crippen molar-refractivity contribution in [2.45, 2.75) is 24.9 Å². The van der Waals surface area contributed by atoms with Gasteiger partial charge in [0.15, 0.2) is 5.16 Å². The Morgan fingerprint density at radius 3 is 2.79 bits per heavy atom. The molecule has 0 bridgehead atoms. The highest BCUT2D eigenvalue weighted by Crippen LogP contribution is 2.16. The molecule has 5 nitrogen and oxygen atoms in total. The van der Waals surface area contributed by atoms with Gasteiger partial charge in [-0.15, -0.1) is 10.2 Å². The first-order valence-electron chi connectivity index (χ1n) is 4.38. The summed E-state index contributed by atoms with van der Waals surface area (Å²) in [5, 5.41) is 17.2. The number of carboxylic acids is 1. The zero-order chi connectivity index (χ0) is 10.6. The molecule has 14 heavy (non-hydrogen) atoms. The van der Waals surface area contributed by atoms with Gasteiger partial charge in [0.1, 0.15) is 5.82 Å². The SMILES string of the molecule is CCc1nnc(SCCC(=O)O)n1C. The fourth-order valence-electron chi connectivity index (χ4n) is 1.01. The number of hydrogen-bond donors (Lipinski definition) is 1. The summed E-state index contributed by atoms with van der Waals surface area (Å²) in [5.41, 5.74) is 0. The molecule has 1 heterocycles. The average Bonchev–Trinajstić information content (AvgIpc) is 2.47. The van der Waals surface area contributed by atoms with Crippen LogP contribution in [0.25, 0.3) is 0 Å². The van der Waals surface area contributed by atoms with Crippen LogP contribution < -0.4 is 0 Å². The van der Waals surface area contributed by atoms with Crippen LogP contribution in [0, 0.1) is 0 Å². The van der Waals surface area contributed by atoms with E-state index in [1.165, 1.54) is 11.8 Å². The predicted molar refractivity (Wildman–Crippen MR) is 53.4 cm³/mol. The molecule has 0 radical (unpaired) electrons. The molecule has 0 saturated carbocycles. The summed E-state index contributed by atoms with van der Waals surface area (Å²) in [5.74, 6) is 0.670. The number of aliphatic carboxylic acids is 1. The summed E-state index contributed by atoms with van der Waals surface area (Å²) in [6.07, 6.45) is 0.988. The third kappa shape index (κ3) is 2.73. The van der Waals surface area contributed by atoms with E-state index in [0.29, 0.717) is 5.75 Å². The molecule has 0 atom stereocenters. The lowest BCUT2D eigenvalue weighted by atomic mass is 10.5. The molecule has 0 aliphatic rings. The minimum atomic E-state index is -0.782. The lowest BCUT2D eigenvalue weighted by Gasteiger charge is -2.00. The van der Waals surface area contributed by atoms with E-state index < -0.39 is 5.97 Å². The van der Waals surface area contributed by atoms with Gasteiger partial charge in [0, 0.05) is 19.2 Å². The van der Waals surface area contributed by atoms with Gasteiger partial charge in [-0.25, -0.2) is 0 Å². The van der Waals surface area contributed by atoms with Crippen molar-refractivity contribution in [3.05, 3.63) is 5.82 Å². The number of aromatic nitrogens is 3. The number of thioether (sulfide) groups is 1. The van der Waals surface area contributed by atoms with Crippen LogP contribution in [0.15, 0.2) is 5.16 Å². The van der Waals surface area contributed by atoms with Gasteiger partial charge in [0.25, 0.3) is 0 Å². The highest BCUT2D eigenvalue weighted by Gasteiger charge is 2.07. The Morgan fingerprint density at radius 2 is 2.29 bits per heavy atom. The highest BCUT2D eigenvalue weighted by atomic mass is 32.2. The Kier molecular flexibility index (Phi) is 3.94. The predicted octanol–water partition coefficient (Wildman–Crippen LogP) is 0.944. The second kappa shape index (κ2) is 4.99. The van der Waals surface area contributed by atoms with Crippen LogP contribution in [0.5, 0.6) is 0 Å². The molecule has 0 saturated heterocycles. The molecular formula is C8H13N3O2S. The lowest BCUT2D eigenvalue weighted by Crippen LogP contribution is -1.99. The lowest BCUT2D eigenvalue weighted by molar-refractivity contribution is -0.136. The first-order chi connectivity index (χ1) is 6.65. The largest absolute Gasteiger partial charge is 0.481 e. The van der Waals surface area contributed by atoms with E-state index >= 15 is 0 Å². The molecule has 1 aromatic rings. The van der Waals surface area contributed by atoms with Crippen molar-refractivity contribution in [1.29, 1.82) is 0 Å². The Balaban J connectivity index is 2.50. The molecule has 0 amide bonds. The normalized spacial score (nSPS) is 10.4. The Labute approximate surface area is 86.5 Å². The van der Waals surface area contributed by atoms with E-state index in [9.17, 15) is 4.79 Å². The van der Waals surface area contributed by atoms with Gasteiger partial charge in [-0.05, 0) is 0 Å². The second-order valence-corrected chi connectivity index (χ2v) is 3.87. The van der Waals surface area contributed by atoms with Crippen LogP contribution in [0.4, 0.5) is 0 Å². The minimum Gasteiger partial charge on any atom is -0.481 e. The molecule has 0 fully saturated rings. The third-order valence-electron chi connectivity index (χ3n) is 1.79. The van der Waals surface area contributed by atoms with Crippen LogP contribution in [0.3, 0.4) is 0 Å². The van der Waals surface area contributed by atoms with Gasteiger partial charge in [0.2, 0.25) is 0 Å². The van der Waals surface area contributed by atoms with E-state index in [1.54, 1.807) is 0 Å². The number of hydrogen-bond acceptors (Lipinski definition) is 4. The number of carboxylic acid groups (broad SMARTS) is 1. The van der Waals surface area contributed by atoms with Crippen molar-refractivity contribution in [3.63, 3.8) is 0 Å². The van der Waals surface area contributed by atoms with Crippen molar-refractivity contribution in [1.82, 2.24) is 14.8 Å². The molecule has 0 aliphatic heterocycles. The molecule has 0 aromatic carbocycles. The molecular weight excluding hydrogens is 202 g/mol. The molecule has 1 aromatic heterocycles. The molecule has 1 rings (SSSR count). The van der Waals surface area contributed by atoms with Gasteiger partial charge in [-0.2, -0.15) is 0 Å². The summed E-state index contributed by atoms with van der Waals surface area (Å²) < 4.78 is 1.90. The van der Waals surface area contributed by atoms with Crippen molar-refractivity contribution in [2.24, 2.45) is 7.05 Å². The second-order valence-electron chi connectivity index (χ2n) is 2.80. The Hall–Kier alpha value is -1.04. The van der Waals surface area contributed by atoms with E-state index in [2.05, 4.69) is 10.2 Å². The van der Waals surface area contributed by atoms with Crippen LogP contribution in [0.1, 0.15) is 19.2 Å². The topological polar surface area (TPSA) is 68.0 Å². The van der Waals surface area contributed by atoms with E-state index in [4.69, 9.17) is 5.11 Å². The number of nitrogens with zero attached hydrogens (tertiary/aromatic N) is 3. The van der Waals surface area contributed by atoms with Gasteiger partial charge < -0.3 is 9.67 Å². The Bertz CT molecular complexity index is 324. The minimum absolute atomic E-state index is 0.152. The van der Waals surface area contributed by atoms with Crippen molar-refractivity contribution in [3.8, 4) is 0 Å². The van der Waals surface area contributed by atoms with E-state index in [0.717, 1.165) is 17.4 Å². The summed E-state index contributed by atoms with van der Waals surface area (Å²) in [7, 11) is 1.89. The average molecular weight is 215 g/mol. The van der Waals surface area contributed by atoms with Gasteiger partial charge in [-0.3, -0.25) is 4.79 Å². The maximum Gasteiger partial charge on any atom is 0.304 e. The smallest absolute Gasteiger partial charge is 0.304 e. The van der Waals surface area contributed by atoms with Gasteiger partial charge in [0.05, 0.1) is 6.42 Å². The molecule has 0 unspecified atom stereocenters. The molecule has 0 spiro atoms. The highest BCUT2D eigenvalue weighted by molar-refractivity contribution is 7.99. The first kappa shape index (κ1) is 11.0. The first-order valence-corrected chi connectivity index (χ1v) is 5.36. The van der Waals surface area contributed by atoms with Crippen molar-refractivity contribution in [2.75, 3.05) is 5.75 Å². The molecule has 78 valence electrons. The summed E-state index contributed by atoms with van der Waals surface area (Å²) in [4.78, 5) is 10.3. The maximum absolute atomic E-state index is 10.3. The fraction of sp³-hybridized carbons (Fsp3) is 0.625. The van der Waals surface area contributed by atoms with Crippen LogP contribution >= 0.6 is 11.8 Å². The summed E-state index contributed by atoms with van der Waals surface area (Å²) >= 11 is 1.42. The van der Waals surface area contributed by atoms with E-state index in [-0.39, 0.29) is 6.42 Å². The molecule has 1 N–H and O–H groups in total. The molecule has 6 heteroatoms. The van der Waals surface area contributed by atoms with Crippen LogP contribution in [0.2, 0.25) is 0 Å². The maximum atomic E-state index is 10.3. The zero-order valence-electron chi connectivity index (χ0n) is 8.23. The van der Waals surface area contributed by atoms with E-state index in [1.807, 2.05) is 18.5 Å². The quantitative estimate of drug-likeness (QED) is 0.740. The molecule has 0 aliphatic carbocycles. The number of aryl methyl sites for hydroxylation is 1. The van der Waals surface area contributed by atoms with Crippen LogP contribution in [-0.4, -0.2) is 31.6 Å². The van der Waals surface area contributed by atoms with Crippen molar-refractivity contribution >= 4 is 17.7 Å². The monoisotopic (exact) mass is 215 g/mol. The number of rotatable bonds is 5. The van der Waals surface area contributed by atoms with Crippen molar-refractivity contribution < 1.29 is 9.90 Å². The zero-order valence-corrected chi connectivity index (χ0v) is 9.04. The standard InChI is InChI=1S/C8H13N3O2S/c1-3-6-9-10-8(11(6)2)14-5-4-7(12)13/h3-5H2,1-2H3,(H,12,13). The Morgan fingerprint density at radius 1 is 1.57 bits per heavy atom. The fourth-order valence-corrected chi connectivity index (χ4v) is 1.87. The van der Waals surface area contributed by atoms with Gasteiger partial charge >= 0.3 is 5.97 Å². The van der Waals surface area contributed by atoms with Crippen LogP contribution in [-0.2, 0) is 18.3 Å². The van der Waals surface area contributed by atoms with Gasteiger partial charge in [-0.1, -0.05) is 18.7 Å². The summed E-state index contributed by atoms with van der Waals surface area (Å²) in [6.45, 7) is 2.01.